The third kappa shape index (κ3) is 5.81. The van der Waals surface area contributed by atoms with Gasteiger partial charge in [0, 0.05) is 12.1 Å². The van der Waals surface area contributed by atoms with Crippen LogP contribution in [0.3, 0.4) is 0 Å². The normalized spacial score (nSPS) is 17.7. The summed E-state index contributed by atoms with van der Waals surface area (Å²) < 4.78 is 16.9. The number of hydrogen-bond donors (Lipinski definition) is 1. The molecule has 1 aliphatic rings. The van der Waals surface area contributed by atoms with Gasteiger partial charge in [-0.25, -0.2) is 0 Å². The highest BCUT2D eigenvalue weighted by Crippen LogP contribution is 2.44. The number of phenolic OH excluding ortho intramolecular Hbond substituents is 1. The van der Waals surface area contributed by atoms with Crippen LogP contribution in [0.15, 0.2) is 42.5 Å². The van der Waals surface area contributed by atoms with Crippen LogP contribution in [0.1, 0.15) is 62.4 Å². The third-order valence-electron chi connectivity index (χ3n) is 5.91. The molecule has 3 rings (SSSR count). The number of ketones is 1. The Labute approximate surface area is 189 Å². The second-order valence-corrected chi connectivity index (χ2v) is 8.85. The lowest BCUT2D eigenvalue weighted by Gasteiger charge is -2.39. The molecule has 172 valence electrons. The molecule has 1 aliphatic heterocycles. The molecule has 2 atom stereocenters. The Hall–Kier alpha value is -3.02. The number of Topliss-reactive ketones (excluding diaryl/α,β-unsaturated/α-hetero) is 1. The van der Waals surface area contributed by atoms with Crippen molar-refractivity contribution in [1.29, 1.82) is 0 Å². The summed E-state index contributed by atoms with van der Waals surface area (Å²) in [6.07, 6.45) is 3.82. The van der Waals surface area contributed by atoms with Gasteiger partial charge in [-0.3, -0.25) is 9.59 Å². The number of aryl methyl sites for hydroxylation is 1. The SMILES string of the molecule is CC(CCCc1ccccc1)Oc1cc(O)c2c(c1)OC(C)(C)C(CCCOC=O)C2=O. The molecule has 0 aromatic heterocycles. The molecule has 0 spiro atoms. The van der Waals surface area contributed by atoms with Gasteiger partial charge in [0.2, 0.25) is 0 Å². The minimum atomic E-state index is -0.752. The Morgan fingerprint density at radius 1 is 1.19 bits per heavy atom. The Balaban J connectivity index is 1.65. The predicted molar refractivity (Wildman–Crippen MR) is 121 cm³/mol. The molecule has 6 nitrogen and oxygen atoms in total. The van der Waals surface area contributed by atoms with E-state index < -0.39 is 11.5 Å². The van der Waals surface area contributed by atoms with E-state index in [0.717, 1.165) is 19.3 Å². The minimum absolute atomic E-state index is 0.0472. The van der Waals surface area contributed by atoms with E-state index in [1.165, 1.54) is 11.6 Å². The van der Waals surface area contributed by atoms with Gasteiger partial charge in [-0.15, -0.1) is 0 Å². The van der Waals surface area contributed by atoms with E-state index in [1.54, 1.807) is 6.07 Å². The first-order valence-corrected chi connectivity index (χ1v) is 11.2. The van der Waals surface area contributed by atoms with Crippen LogP contribution in [0, 0.1) is 5.92 Å². The van der Waals surface area contributed by atoms with Crippen molar-refractivity contribution in [2.45, 2.75) is 64.6 Å². The van der Waals surface area contributed by atoms with Crippen LogP contribution in [-0.4, -0.2) is 35.7 Å². The molecule has 0 fully saturated rings. The summed E-state index contributed by atoms with van der Waals surface area (Å²) in [6, 6.07) is 13.5. The van der Waals surface area contributed by atoms with Crippen LogP contribution in [0.25, 0.3) is 0 Å². The molecule has 1 heterocycles. The zero-order chi connectivity index (χ0) is 23.1. The summed E-state index contributed by atoms with van der Waals surface area (Å²) in [4.78, 5) is 23.5. The molecule has 0 bridgehead atoms. The van der Waals surface area contributed by atoms with Gasteiger partial charge in [-0.1, -0.05) is 30.3 Å². The molecular formula is C26H32O6. The van der Waals surface area contributed by atoms with Gasteiger partial charge in [-0.05, 0) is 58.4 Å². The van der Waals surface area contributed by atoms with Gasteiger partial charge < -0.3 is 19.3 Å². The molecular weight excluding hydrogens is 408 g/mol. The number of fused-ring (bicyclic) bond motifs is 1. The molecule has 0 saturated carbocycles. The lowest BCUT2D eigenvalue weighted by atomic mass is 9.78. The second kappa shape index (κ2) is 10.5. The molecule has 32 heavy (non-hydrogen) atoms. The largest absolute Gasteiger partial charge is 0.507 e. The van der Waals surface area contributed by atoms with E-state index in [4.69, 9.17) is 14.2 Å². The van der Waals surface area contributed by atoms with Gasteiger partial charge in [0.1, 0.15) is 28.4 Å². The topological polar surface area (TPSA) is 82.1 Å². The minimum Gasteiger partial charge on any atom is -0.507 e. The van der Waals surface area contributed by atoms with Crippen LogP contribution in [-0.2, 0) is 16.0 Å². The third-order valence-corrected chi connectivity index (χ3v) is 5.91. The summed E-state index contributed by atoms with van der Waals surface area (Å²) in [7, 11) is 0. The number of aromatic hydroxyl groups is 1. The fourth-order valence-corrected chi connectivity index (χ4v) is 4.24. The van der Waals surface area contributed by atoms with Crippen molar-refractivity contribution in [2.75, 3.05) is 6.61 Å². The van der Waals surface area contributed by atoms with Crippen molar-refractivity contribution in [3.05, 3.63) is 53.6 Å². The first-order chi connectivity index (χ1) is 15.3. The molecule has 0 radical (unpaired) electrons. The van der Waals surface area contributed by atoms with E-state index in [1.807, 2.05) is 39.0 Å². The van der Waals surface area contributed by atoms with Gasteiger partial charge >= 0.3 is 0 Å². The standard InChI is InChI=1S/C26H32O6/c1-18(9-7-12-19-10-5-4-6-11-19)31-20-15-22(28)24-23(16-20)32-26(2,3)21(25(24)29)13-8-14-30-17-27/h4-6,10-11,15-18,21,28H,7-9,12-14H2,1-3H3. The van der Waals surface area contributed by atoms with Gasteiger partial charge in [0.25, 0.3) is 6.47 Å². The highest BCUT2D eigenvalue weighted by molar-refractivity contribution is 6.04. The summed E-state index contributed by atoms with van der Waals surface area (Å²) in [5, 5.41) is 10.6. The van der Waals surface area contributed by atoms with Gasteiger partial charge in [-0.2, -0.15) is 0 Å². The molecule has 1 N–H and O–H groups in total. The maximum atomic E-state index is 13.1. The Morgan fingerprint density at radius 3 is 2.66 bits per heavy atom. The van der Waals surface area contributed by atoms with E-state index >= 15 is 0 Å². The highest BCUT2D eigenvalue weighted by atomic mass is 16.5. The summed E-state index contributed by atoms with van der Waals surface area (Å²) in [6.45, 7) is 6.35. The molecule has 2 aromatic rings. The summed E-state index contributed by atoms with van der Waals surface area (Å²) in [5.74, 6) is 0.0764. The summed E-state index contributed by atoms with van der Waals surface area (Å²) >= 11 is 0. The lowest BCUT2D eigenvalue weighted by molar-refractivity contribution is -0.128. The van der Waals surface area contributed by atoms with Crippen molar-refractivity contribution in [3.63, 3.8) is 0 Å². The summed E-state index contributed by atoms with van der Waals surface area (Å²) in [5.41, 5.74) is 0.736. The predicted octanol–water partition coefficient (Wildman–Crippen LogP) is 5.11. The first kappa shape index (κ1) is 23.6. The number of carbonyl (C=O) groups excluding carboxylic acids is 2. The molecule has 0 amide bonds. The van der Waals surface area contributed by atoms with Crippen molar-refractivity contribution >= 4 is 12.3 Å². The number of hydrogen-bond acceptors (Lipinski definition) is 6. The van der Waals surface area contributed by atoms with E-state index in [2.05, 4.69) is 12.1 Å². The molecule has 6 heteroatoms. The van der Waals surface area contributed by atoms with Crippen LogP contribution in [0.5, 0.6) is 17.2 Å². The van der Waals surface area contributed by atoms with Gasteiger partial charge in [0.15, 0.2) is 5.78 Å². The van der Waals surface area contributed by atoms with Crippen molar-refractivity contribution < 1.29 is 28.9 Å². The fraction of sp³-hybridized carbons (Fsp3) is 0.462. The number of carbonyl (C=O) groups is 2. The monoisotopic (exact) mass is 440 g/mol. The Morgan fingerprint density at radius 2 is 1.94 bits per heavy atom. The maximum absolute atomic E-state index is 13.1. The lowest BCUT2D eigenvalue weighted by Crippen LogP contribution is -2.46. The molecule has 2 aromatic carbocycles. The zero-order valence-electron chi connectivity index (χ0n) is 19.0. The van der Waals surface area contributed by atoms with Gasteiger partial charge in [0.05, 0.1) is 18.6 Å². The first-order valence-electron chi connectivity index (χ1n) is 11.2. The molecule has 2 unspecified atom stereocenters. The van der Waals surface area contributed by atoms with Crippen LogP contribution < -0.4 is 9.47 Å². The van der Waals surface area contributed by atoms with Crippen molar-refractivity contribution in [1.82, 2.24) is 0 Å². The number of benzene rings is 2. The average molecular weight is 441 g/mol. The number of phenols is 1. The number of ether oxygens (including phenoxy) is 3. The zero-order valence-corrected chi connectivity index (χ0v) is 19.0. The Kier molecular flexibility index (Phi) is 7.78. The Bertz CT molecular complexity index is 921. The number of rotatable bonds is 11. The van der Waals surface area contributed by atoms with Crippen LogP contribution >= 0.6 is 0 Å². The average Bonchev–Trinajstić information content (AvgIpc) is 2.73. The maximum Gasteiger partial charge on any atom is 0.293 e. The van der Waals surface area contributed by atoms with Crippen molar-refractivity contribution in [3.8, 4) is 17.2 Å². The van der Waals surface area contributed by atoms with Crippen LogP contribution in [0.4, 0.5) is 0 Å². The molecule has 0 saturated heterocycles. The van der Waals surface area contributed by atoms with Crippen molar-refractivity contribution in [2.24, 2.45) is 5.92 Å². The quantitative estimate of drug-likeness (QED) is 0.386. The van der Waals surface area contributed by atoms with E-state index in [-0.39, 0.29) is 29.8 Å². The van der Waals surface area contributed by atoms with E-state index in [9.17, 15) is 14.7 Å². The molecule has 0 aliphatic carbocycles. The van der Waals surface area contributed by atoms with Crippen LogP contribution in [0.2, 0.25) is 0 Å². The fourth-order valence-electron chi connectivity index (χ4n) is 4.24. The highest BCUT2D eigenvalue weighted by Gasteiger charge is 2.44. The van der Waals surface area contributed by atoms with E-state index in [0.29, 0.717) is 30.8 Å². The smallest absolute Gasteiger partial charge is 0.293 e. The second-order valence-electron chi connectivity index (χ2n) is 8.85.